The summed E-state index contributed by atoms with van der Waals surface area (Å²) in [6.07, 6.45) is 9.25. The highest BCUT2D eigenvalue weighted by Gasteiger charge is 2.45. The van der Waals surface area contributed by atoms with Crippen molar-refractivity contribution < 1.29 is 32.5 Å². The van der Waals surface area contributed by atoms with Crippen LogP contribution in [0.25, 0.3) is 0 Å². The van der Waals surface area contributed by atoms with Crippen LogP contribution < -0.4 is 9.64 Å². The van der Waals surface area contributed by atoms with Gasteiger partial charge in [0, 0.05) is 48.9 Å². The van der Waals surface area contributed by atoms with E-state index in [1.165, 1.54) is 23.5 Å². The summed E-state index contributed by atoms with van der Waals surface area (Å²) >= 11 is 6.41. The van der Waals surface area contributed by atoms with E-state index >= 15 is 0 Å². The van der Waals surface area contributed by atoms with Gasteiger partial charge in [-0.05, 0) is 105 Å². The smallest absolute Gasteiger partial charge is 0.335 e. The van der Waals surface area contributed by atoms with E-state index in [2.05, 4.69) is 27.0 Å². The average Bonchev–Trinajstić information content (AvgIpc) is 3.22. The fraction of sp³-hybridized carbons (Fsp3) is 0.528. The van der Waals surface area contributed by atoms with Gasteiger partial charge in [0.25, 0.3) is 0 Å². The van der Waals surface area contributed by atoms with Gasteiger partial charge < -0.3 is 24.2 Å². The van der Waals surface area contributed by atoms with Crippen LogP contribution in [0.5, 0.6) is 5.75 Å². The first-order valence-electron chi connectivity index (χ1n) is 16.9. The third-order valence-corrected chi connectivity index (χ3v) is 13.0. The van der Waals surface area contributed by atoms with Crippen molar-refractivity contribution in [3.8, 4) is 5.75 Å². The number of sulfone groups is 1. The van der Waals surface area contributed by atoms with E-state index in [9.17, 15) is 18.3 Å². The summed E-state index contributed by atoms with van der Waals surface area (Å²) in [5, 5.41) is 9.64. The van der Waals surface area contributed by atoms with Gasteiger partial charge >= 0.3 is 5.97 Å². The first-order valence-corrected chi connectivity index (χ1v) is 18.8. The van der Waals surface area contributed by atoms with Crippen molar-refractivity contribution in [3.05, 3.63) is 76.6 Å². The lowest BCUT2D eigenvalue weighted by molar-refractivity contribution is -0.116. The lowest BCUT2D eigenvalue weighted by Gasteiger charge is -2.47. The van der Waals surface area contributed by atoms with Crippen LogP contribution in [-0.2, 0) is 31.1 Å². The number of anilines is 1. The fourth-order valence-electron chi connectivity index (χ4n) is 8.06. The molecule has 0 bridgehead atoms. The molecule has 3 aromatic rings. The summed E-state index contributed by atoms with van der Waals surface area (Å²) in [4.78, 5) is 22.3. The molecule has 2 aliphatic heterocycles. The molecule has 1 spiro atoms. The number of halogens is 1. The number of nitrogens with zero attached hydrogens (tertiary/aromatic N) is 3. The van der Waals surface area contributed by atoms with Crippen molar-refractivity contribution in [2.75, 3.05) is 37.8 Å². The number of fused-ring (bicyclic) bond motifs is 3. The molecule has 6 atom stereocenters. The molecule has 2 aliphatic carbocycles. The Labute approximate surface area is 286 Å². The molecular weight excluding hydrogens is 654 g/mol. The Balaban J connectivity index is 1.07. The molecule has 1 N–H and O–H groups in total. The second-order valence-electron chi connectivity index (χ2n) is 13.9. The molecule has 1 saturated heterocycles. The number of rotatable bonds is 9. The minimum atomic E-state index is -3.69. The number of aryl methyl sites for hydroxylation is 1. The van der Waals surface area contributed by atoms with Crippen LogP contribution in [0.2, 0.25) is 5.02 Å². The Bertz CT molecular complexity index is 1760. The van der Waals surface area contributed by atoms with E-state index in [0.717, 1.165) is 55.9 Å². The SMILES string of the molecule is C[C@H](CO[C@@H]1CCO[C@H]([C@@H]2CC[C@H]2CN2CC3(CCCc4cc(Cl)ccc43)COc3ccc(C(=O)O)cc32)C1)S(=O)(=O)c1ncccn1. The lowest BCUT2D eigenvalue weighted by Crippen LogP contribution is -2.51. The van der Waals surface area contributed by atoms with Gasteiger partial charge in [0.05, 0.1) is 41.9 Å². The maximum absolute atomic E-state index is 12.9. The quantitative estimate of drug-likeness (QED) is 0.276. The maximum atomic E-state index is 12.9. The highest BCUT2D eigenvalue weighted by Crippen LogP contribution is 2.47. The molecule has 2 aromatic carbocycles. The molecule has 1 unspecified atom stereocenters. The van der Waals surface area contributed by atoms with Crippen LogP contribution >= 0.6 is 11.6 Å². The van der Waals surface area contributed by atoms with Crippen LogP contribution in [0.15, 0.2) is 60.0 Å². The fourth-order valence-corrected chi connectivity index (χ4v) is 9.29. The molecule has 10 nitrogen and oxygen atoms in total. The Morgan fingerprint density at radius 1 is 1.17 bits per heavy atom. The van der Waals surface area contributed by atoms with Crippen molar-refractivity contribution in [1.29, 1.82) is 0 Å². The van der Waals surface area contributed by atoms with E-state index in [4.69, 9.17) is 25.8 Å². The minimum Gasteiger partial charge on any atom is -0.490 e. The van der Waals surface area contributed by atoms with Gasteiger partial charge in [0.1, 0.15) is 5.75 Å². The molecule has 1 saturated carbocycles. The van der Waals surface area contributed by atoms with E-state index < -0.39 is 21.1 Å². The number of hydrogen-bond donors (Lipinski definition) is 1. The van der Waals surface area contributed by atoms with Crippen molar-refractivity contribution in [1.82, 2.24) is 9.97 Å². The Morgan fingerprint density at radius 3 is 2.77 bits per heavy atom. The number of carboxylic acids is 1. The lowest BCUT2D eigenvalue weighted by atomic mass is 9.67. The highest BCUT2D eigenvalue weighted by atomic mass is 35.5. The molecule has 12 heteroatoms. The van der Waals surface area contributed by atoms with Crippen molar-refractivity contribution >= 4 is 33.1 Å². The molecule has 48 heavy (non-hydrogen) atoms. The third kappa shape index (κ3) is 6.54. The molecule has 0 amide bonds. The zero-order valence-corrected chi connectivity index (χ0v) is 28.7. The monoisotopic (exact) mass is 695 g/mol. The predicted octanol–water partition coefficient (Wildman–Crippen LogP) is 5.75. The van der Waals surface area contributed by atoms with Crippen LogP contribution in [-0.4, -0.2) is 79.8 Å². The van der Waals surface area contributed by atoms with Gasteiger partial charge in [0.15, 0.2) is 0 Å². The number of aromatic carboxylic acids is 1. The molecule has 1 aromatic heterocycles. The van der Waals surface area contributed by atoms with Gasteiger partial charge in [0.2, 0.25) is 15.0 Å². The first-order chi connectivity index (χ1) is 23.1. The van der Waals surface area contributed by atoms with Gasteiger partial charge in [-0.3, -0.25) is 0 Å². The zero-order chi connectivity index (χ0) is 33.5. The van der Waals surface area contributed by atoms with Crippen molar-refractivity contribution in [2.45, 2.75) is 79.9 Å². The van der Waals surface area contributed by atoms with Crippen molar-refractivity contribution in [2.24, 2.45) is 11.8 Å². The number of carbonyl (C=O) groups is 1. The zero-order valence-electron chi connectivity index (χ0n) is 27.1. The highest BCUT2D eigenvalue weighted by molar-refractivity contribution is 7.91. The van der Waals surface area contributed by atoms with Crippen LogP contribution in [0.4, 0.5) is 5.69 Å². The Morgan fingerprint density at radius 2 is 2.00 bits per heavy atom. The Hall–Kier alpha value is -3.25. The van der Waals surface area contributed by atoms with Gasteiger partial charge in [-0.15, -0.1) is 0 Å². The van der Waals surface area contributed by atoms with Crippen LogP contribution in [0.1, 0.15) is 66.9 Å². The number of ether oxygens (including phenoxy) is 3. The third-order valence-electron chi connectivity index (χ3n) is 10.9. The van der Waals surface area contributed by atoms with E-state index in [0.29, 0.717) is 43.6 Å². The minimum absolute atomic E-state index is 0.00595. The first kappa shape index (κ1) is 33.3. The molecule has 0 radical (unpaired) electrons. The molecule has 3 heterocycles. The summed E-state index contributed by atoms with van der Waals surface area (Å²) in [6.45, 7) is 4.25. The average molecular weight is 696 g/mol. The van der Waals surface area contributed by atoms with Crippen molar-refractivity contribution in [3.63, 3.8) is 0 Å². The predicted molar refractivity (Wildman–Crippen MR) is 181 cm³/mol. The van der Waals surface area contributed by atoms with Crippen LogP contribution in [0, 0.1) is 11.8 Å². The van der Waals surface area contributed by atoms with Gasteiger partial charge in [-0.2, -0.15) is 0 Å². The number of hydrogen-bond acceptors (Lipinski definition) is 9. The van der Waals surface area contributed by atoms with E-state index in [1.54, 1.807) is 31.2 Å². The number of carboxylic acid groups (broad SMARTS) is 1. The summed E-state index contributed by atoms with van der Waals surface area (Å²) in [5.41, 5.74) is 3.34. The normalized spacial score (nSPS) is 27.6. The molecule has 256 valence electrons. The molecule has 7 rings (SSSR count). The molecule has 2 fully saturated rings. The Kier molecular flexibility index (Phi) is 9.40. The van der Waals surface area contributed by atoms with Gasteiger partial charge in [-0.25, -0.2) is 23.2 Å². The van der Waals surface area contributed by atoms with Gasteiger partial charge in [-0.1, -0.05) is 17.7 Å². The standard InChI is InChI=1S/C36H42ClN3O7S/c1-23(48(43,44)35-38-13-3-14-39-35)20-46-28-11-15-45-33(18-28)29-8-5-26(29)19-40-21-36(12-2-4-24-16-27(37)7-9-30(24)36)22-47-32-10-6-25(34(41)42)17-31(32)40/h3,6-7,9-10,13-14,16-17,23,26,28-29,33H,2,4-5,8,11-12,15,18-22H2,1H3,(H,41,42)/t23-,26+,28-,29-,33+,36?/m1/s1. The number of benzene rings is 2. The van der Waals surface area contributed by atoms with E-state index in [1.807, 2.05) is 6.07 Å². The summed E-state index contributed by atoms with van der Waals surface area (Å²) in [6, 6.07) is 13.0. The second kappa shape index (κ2) is 13.6. The summed E-state index contributed by atoms with van der Waals surface area (Å²) in [7, 11) is -3.69. The van der Waals surface area contributed by atoms with Crippen LogP contribution in [0.3, 0.4) is 0 Å². The largest absolute Gasteiger partial charge is 0.490 e. The van der Waals surface area contributed by atoms with E-state index in [-0.39, 0.29) is 34.9 Å². The molecular formula is C36H42ClN3O7S. The summed E-state index contributed by atoms with van der Waals surface area (Å²) in [5.74, 6) is 0.407. The second-order valence-corrected chi connectivity index (χ2v) is 16.6. The summed E-state index contributed by atoms with van der Waals surface area (Å²) < 4.78 is 45.0. The maximum Gasteiger partial charge on any atom is 0.335 e. The number of aromatic nitrogens is 2. The molecule has 4 aliphatic rings. The topological polar surface area (TPSA) is 128 Å².